The van der Waals surface area contributed by atoms with Crippen molar-refractivity contribution in [3.8, 4) is 12.8 Å². The molecule has 7 nitrogen and oxygen atoms in total. The molecule has 48 heavy (non-hydrogen) atoms. The van der Waals surface area contributed by atoms with E-state index < -0.39 is 5.97 Å². The van der Waals surface area contributed by atoms with E-state index in [1.165, 1.54) is 68.3 Å². The molecule has 1 N–H and O–H groups in total. The lowest BCUT2D eigenvalue weighted by atomic mass is 9.47. The average Bonchev–Trinajstić information content (AvgIpc) is 3.46. The maximum Gasteiger partial charge on any atom is 0.323 e. The van der Waals surface area contributed by atoms with Gasteiger partial charge in [0.05, 0.1) is 6.10 Å². The first-order valence-electron chi connectivity index (χ1n) is 18.3. The van der Waals surface area contributed by atoms with E-state index in [0.717, 1.165) is 43.4 Å². The summed E-state index contributed by atoms with van der Waals surface area (Å²) in [6, 6.07) is 4.34. The summed E-state index contributed by atoms with van der Waals surface area (Å²) >= 11 is 0. The molecule has 0 aromatic carbocycles. The molecule has 4 aliphatic rings. The van der Waals surface area contributed by atoms with Crippen molar-refractivity contribution in [2.45, 2.75) is 123 Å². The maximum absolute atomic E-state index is 11.7. The Morgan fingerprint density at radius 1 is 1.04 bits per heavy atom. The Morgan fingerprint density at radius 3 is 2.44 bits per heavy atom. The molecule has 1 heterocycles. The van der Waals surface area contributed by atoms with Crippen LogP contribution in [0, 0.1) is 41.4 Å². The van der Waals surface area contributed by atoms with Gasteiger partial charge in [-0.25, -0.2) is 0 Å². The fourth-order valence-electron chi connectivity index (χ4n) is 9.24. The van der Waals surface area contributed by atoms with Crippen molar-refractivity contribution in [3.63, 3.8) is 0 Å². The summed E-state index contributed by atoms with van der Waals surface area (Å²) in [6.07, 6.45) is 34.0. The molecule has 6 unspecified atom stereocenters. The van der Waals surface area contributed by atoms with Crippen LogP contribution in [0.15, 0.2) is 42.3 Å². The van der Waals surface area contributed by atoms with E-state index in [1.54, 1.807) is 11.1 Å². The highest BCUT2D eigenvalue weighted by Gasteiger charge is 2.56. The lowest BCUT2D eigenvalue weighted by Crippen LogP contribution is -2.49. The van der Waals surface area contributed by atoms with E-state index in [4.69, 9.17) is 9.84 Å². The molecule has 0 aliphatic heterocycles. The molecule has 0 spiro atoms. The fourth-order valence-corrected chi connectivity index (χ4v) is 9.24. The molecule has 0 saturated heterocycles. The number of methoxy groups -OCH3 is 1. The highest BCUT2D eigenvalue weighted by Crippen LogP contribution is 2.66. The van der Waals surface area contributed by atoms with E-state index in [1.807, 2.05) is 13.3 Å². The summed E-state index contributed by atoms with van der Waals surface area (Å²) in [7, 11) is 1.88. The van der Waals surface area contributed by atoms with Crippen molar-refractivity contribution in [2.24, 2.45) is 28.6 Å². The summed E-state index contributed by atoms with van der Waals surface area (Å²) in [5.74, 6) is 1.23. The molecule has 2 fully saturated rings. The zero-order valence-corrected chi connectivity index (χ0v) is 30.0. The molecule has 1 aromatic rings. The Kier molecular flexibility index (Phi) is 15.6. The number of pyridine rings is 1. The third-order valence-corrected chi connectivity index (χ3v) is 11.9. The quantitative estimate of drug-likeness (QED) is 0.0930. The predicted octanol–water partition coefficient (Wildman–Crippen LogP) is 8.54. The predicted molar refractivity (Wildman–Crippen MR) is 193 cm³/mol. The molecule has 7 heteroatoms. The lowest BCUT2D eigenvalue weighted by molar-refractivity contribution is -0.144. The van der Waals surface area contributed by atoms with Crippen LogP contribution in [-0.2, 0) is 19.1 Å². The first-order chi connectivity index (χ1) is 23.2. The number of nitrogens with zero attached hydrogens (tertiary/aromatic N) is 2. The number of allylic oxidation sites excluding steroid dienone is 3. The van der Waals surface area contributed by atoms with Crippen LogP contribution in [-0.4, -0.2) is 59.5 Å². The molecule has 4 aliphatic carbocycles. The van der Waals surface area contributed by atoms with Gasteiger partial charge in [-0.05, 0) is 97.2 Å². The van der Waals surface area contributed by atoms with Gasteiger partial charge in [0.1, 0.15) is 12.8 Å². The summed E-state index contributed by atoms with van der Waals surface area (Å²) in [4.78, 5) is 38.4. The number of fused-ring (bicyclic) bond motifs is 5. The molecule has 1 amide bonds. The molecule has 5 rings (SSSR count). The standard InChI is InChI=1S/C25H33NO.C14H25NO4.C2H2/c1-24-12-10-19(27-3)15-18(24)6-7-20-22-9-8-21(17-5-4-14-26-16-17)25(22,2)13-11-23(20)24;1-2-3-4-5-6-7-10-15(12-14(18)19)13(17)9-8-11-16;1-2/h4-6,8,14,16,19-20,22-23H,7,9-13,15H2,1-3H3;11H,2-10,12H2,1H3,(H,18,19);1-2H. The Labute approximate surface area is 290 Å². The highest BCUT2D eigenvalue weighted by atomic mass is 16.5. The Bertz CT molecular complexity index is 1270. The van der Waals surface area contributed by atoms with Crippen LogP contribution >= 0.6 is 0 Å². The number of carboxylic acids is 1. The highest BCUT2D eigenvalue weighted by molar-refractivity contribution is 5.82. The van der Waals surface area contributed by atoms with E-state index in [-0.39, 0.29) is 25.3 Å². The number of aliphatic carboxylic acids is 1. The minimum atomic E-state index is -1.01. The van der Waals surface area contributed by atoms with Gasteiger partial charge in [-0.1, -0.05) is 76.7 Å². The maximum atomic E-state index is 11.7. The lowest BCUT2D eigenvalue weighted by Gasteiger charge is -2.58. The second kappa shape index (κ2) is 19.1. The van der Waals surface area contributed by atoms with Gasteiger partial charge >= 0.3 is 5.97 Å². The van der Waals surface area contributed by atoms with Gasteiger partial charge in [0, 0.05) is 38.9 Å². The number of terminal acetylenes is 1. The third-order valence-electron chi connectivity index (χ3n) is 11.9. The summed E-state index contributed by atoms with van der Waals surface area (Å²) < 4.78 is 5.71. The number of aldehydes is 1. The van der Waals surface area contributed by atoms with Gasteiger partial charge in [-0.2, -0.15) is 0 Å². The summed E-state index contributed by atoms with van der Waals surface area (Å²) in [5, 5.41) is 8.77. The van der Waals surface area contributed by atoms with Gasteiger partial charge in [-0.3, -0.25) is 14.6 Å². The zero-order chi connectivity index (χ0) is 35.2. The van der Waals surface area contributed by atoms with E-state index >= 15 is 0 Å². The van der Waals surface area contributed by atoms with Gasteiger partial charge in [0.25, 0.3) is 0 Å². The summed E-state index contributed by atoms with van der Waals surface area (Å²) in [5.41, 5.74) is 5.37. The van der Waals surface area contributed by atoms with Crippen molar-refractivity contribution in [1.82, 2.24) is 9.88 Å². The number of carboxylic acid groups (broad SMARTS) is 1. The molecule has 6 atom stereocenters. The Balaban J connectivity index is 0.000000265. The largest absolute Gasteiger partial charge is 0.480 e. The monoisotopic (exact) mass is 660 g/mol. The topological polar surface area (TPSA) is 96.8 Å². The van der Waals surface area contributed by atoms with E-state index in [0.29, 0.717) is 29.8 Å². The van der Waals surface area contributed by atoms with Gasteiger partial charge in [0.15, 0.2) is 0 Å². The van der Waals surface area contributed by atoms with Crippen LogP contribution in [0.3, 0.4) is 0 Å². The molecule has 1 aromatic heterocycles. The number of rotatable bonds is 14. The third kappa shape index (κ3) is 9.47. The normalized spacial score (nSPS) is 28.4. The second-order valence-electron chi connectivity index (χ2n) is 14.6. The minimum Gasteiger partial charge on any atom is -0.480 e. The SMILES string of the molecule is C#C.CCCCCCCCN(CC(=O)O)C(=O)CCC=O.COC1CCC2(C)C(=CCC3C2CCC2(C)C(c4cccnc4)=CCC32)C1. The van der Waals surface area contributed by atoms with Gasteiger partial charge in [-0.15, -0.1) is 12.8 Å². The van der Waals surface area contributed by atoms with Gasteiger partial charge < -0.3 is 19.5 Å². The van der Waals surface area contributed by atoms with E-state index in [9.17, 15) is 14.4 Å². The average molecular weight is 661 g/mol. The molecule has 0 bridgehead atoms. The first kappa shape index (κ1) is 39.2. The van der Waals surface area contributed by atoms with Gasteiger partial charge in [0.2, 0.25) is 5.91 Å². The van der Waals surface area contributed by atoms with Crippen molar-refractivity contribution >= 4 is 23.7 Å². The molecule has 0 radical (unpaired) electrons. The van der Waals surface area contributed by atoms with Crippen LogP contribution in [0.25, 0.3) is 5.57 Å². The fraction of sp³-hybridized carbons (Fsp3) is 0.659. The first-order valence-corrected chi connectivity index (χ1v) is 18.3. The molecule has 2 saturated carbocycles. The molecular weight excluding hydrogens is 600 g/mol. The minimum absolute atomic E-state index is 0.104. The number of hydrogen-bond acceptors (Lipinski definition) is 5. The number of unbranched alkanes of at least 4 members (excludes halogenated alkanes) is 5. The van der Waals surface area contributed by atoms with Crippen molar-refractivity contribution < 1.29 is 24.2 Å². The van der Waals surface area contributed by atoms with Crippen molar-refractivity contribution in [1.29, 1.82) is 0 Å². The van der Waals surface area contributed by atoms with E-state index in [2.05, 4.69) is 69.1 Å². The Hall–Kier alpha value is -3.24. The van der Waals surface area contributed by atoms with Crippen LogP contribution in [0.2, 0.25) is 0 Å². The molecule has 264 valence electrons. The molecular formula is C41H60N2O5. The van der Waals surface area contributed by atoms with Crippen LogP contribution in [0.1, 0.15) is 123 Å². The Morgan fingerprint density at radius 2 is 1.77 bits per heavy atom. The summed E-state index contributed by atoms with van der Waals surface area (Å²) in [6.45, 7) is 7.47. The number of aromatic nitrogens is 1. The van der Waals surface area contributed by atoms with Crippen LogP contribution < -0.4 is 0 Å². The zero-order valence-electron chi connectivity index (χ0n) is 30.0. The van der Waals surface area contributed by atoms with Crippen LogP contribution in [0.5, 0.6) is 0 Å². The van der Waals surface area contributed by atoms with Crippen molar-refractivity contribution in [2.75, 3.05) is 20.2 Å². The number of carbonyl (C=O) groups excluding carboxylic acids is 2. The number of ether oxygens (including phenoxy) is 1. The second-order valence-corrected chi connectivity index (χ2v) is 14.6. The number of hydrogen-bond donors (Lipinski definition) is 1. The smallest absolute Gasteiger partial charge is 0.323 e. The number of amides is 1. The van der Waals surface area contributed by atoms with Crippen LogP contribution in [0.4, 0.5) is 0 Å². The number of carbonyl (C=O) groups is 3. The van der Waals surface area contributed by atoms with Crippen molar-refractivity contribution in [3.05, 3.63) is 47.8 Å².